The first-order valence-electron chi connectivity index (χ1n) is 11.2. The van der Waals surface area contributed by atoms with E-state index in [1.165, 1.54) is 11.3 Å². The summed E-state index contributed by atoms with van der Waals surface area (Å²) >= 11 is 1.37. The van der Waals surface area contributed by atoms with Crippen LogP contribution in [0.1, 0.15) is 39.5 Å². The number of carbonyl (C=O) groups is 2. The summed E-state index contributed by atoms with van der Waals surface area (Å²) in [5, 5.41) is 13.2. The molecule has 3 heterocycles. The van der Waals surface area contributed by atoms with E-state index in [-0.39, 0.29) is 18.6 Å². The van der Waals surface area contributed by atoms with E-state index in [1.807, 2.05) is 54.9 Å². The number of rotatable bonds is 7. The summed E-state index contributed by atoms with van der Waals surface area (Å²) in [6, 6.07) is 12.1. The molecule has 176 valence electrons. The Balaban J connectivity index is 1.33. The van der Waals surface area contributed by atoms with E-state index in [0.717, 1.165) is 27.5 Å². The lowest BCUT2D eigenvalue weighted by Crippen LogP contribution is -2.36. The van der Waals surface area contributed by atoms with Crippen molar-refractivity contribution in [3.63, 3.8) is 0 Å². The summed E-state index contributed by atoms with van der Waals surface area (Å²) in [4.78, 5) is 32.0. The molecule has 0 unspecified atom stereocenters. The van der Waals surface area contributed by atoms with Crippen LogP contribution in [0.15, 0.2) is 36.5 Å². The Kier molecular flexibility index (Phi) is 7.28. The summed E-state index contributed by atoms with van der Waals surface area (Å²) in [5.41, 5.74) is 3.45. The average Bonchev–Trinajstić information content (AvgIpc) is 3.35. The van der Waals surface area contributed by atoms with E-state index in [4.69, 9.17) is 4.74 Å². The number of fused-ring (bicyclic) bond motifs is 1. The monoisotopic (exact) mass is 477 g/mol. The lowest BCUT2D eigenvalue weighted by atomic mass is 10.0. The van der Waals surface area contributed by atoms with Gasteiger partial charge in [-0.1, -0.05) is 30.3 Å². The van der Waals surface area contributed by atoms with Crippen molar-refractivity contribution >= 4 is 28.3 Å². The van der Waals surface area contributed by atoms with Crippen molar-refractivity contribution in [3.05, 3.63) is 69.6 Å². The second-order valence-corrected chi connectivity index (χ2v) is 9.37. The predicted molar refractivity (Wildman–Crippen MR) is 130 cm³/mol. The van der Waals surface area contributed by atoms with Crippen molar-refractivity contribution < 1.29 is 14.3 Å². The fourth-order valence-electron chi connectivity index (χ4n) is 4.07. The van der Waals surface area contributed by atoms with E-state index < -0.39 is 0 Å². The highest BCUT2D eigenvalue weighted by Gasteiger charge is 2.28. The Labute approximate surface area is 202 Å². The highest BCUT2D eigenvalue weighted by Crippen LogP contribution is 2.37. The van der Waals surface area contributed by atoms with Crippen molar-refractivity contribution in [2.45, 2.75) is 46.2 Å². The molecule has 1 aliphatic rings. The van der Waals surface area contributed by atoms with Gasteiger partial charge in [0.15, 0.2) is 0 Å². The topological polar surface area (TPSA) is 100 Å². The van der Waals surface area contributed by atoms with Crippen LogP contribution >= 0.6 is 11.3 Å². The minimum atomic E-state index is -0.375. The molecule has 1 aliphatic heterocycles. The Hall–Kier alpha value is -3.64. The molecule has 9 heteroatoms. The Bertz CT molecular complexity index is 1230. The fourth-order valence-corrected chi connectivity index (χ4v) is 5.30. The Morgan fingerprint density at radius 3 is 2.76 bits per heavy atom. The third kappa shape index (κ3) is 5.46. The number of amides is 2. The zero-order valence-corrected chi connectivity index (χ0v) is 20.2. The summed E-state index contributed by atoms with van der Waals surface area (Å²) in [7, 11) is 0. The molecule has 8 nitrogen and oxygen atoms in total. The normalized spacial score (nSPS) is 12.7. The zero-order chi connectivity index (χ0) is 24.1. The van der Waals surface area contributed by atoms with Gasteiger partial charge < -0.3 is 19.5 Å². The van der Waals surface area contributed by atoms with Gasteiger partial charge in [0, 0.05) is 24.0 Å². The van der Waals surface area contributed by atoms with Crippen molar-refractivity contribution in [2.24, 2.45) is 0 Å². The predicted octanol–water partition coefficient (Wildman–Crippen LogP) is 4.20. The zero-order valence-electron chi connectivity index (χ0n) is 19.3. The van der Waals surface area contributed by atoms with Crippen LogP contribution < -0.4 is 5.32 Å². The van der Waals surface area contributed by atoms with E-state index in [0.29, 0.717) is 49.5 Å². The number of aromatic nitrogens is 2. The van der Waals surface area contributed by atoms with Gasteiger partial charge in [0.25, 0.3) is 0 Å². The number of nitrogens with one attached hydrogen (secondary N) is 1. The van der Waals surface area contributed by atoms with Crippen LogP contribution in [0.4, 0.5) is 9.80 Å². The van der Waals surface area contributed by atoms with Crippen molar-refractivity contribution in [2.75, 3.05) is 18.5 Å². The first kappa shape index (κ1) is 23.5. The molecule has 0 fully saturated rings. The number of thiophene rings is 1. The smallest absolute Gasteiger partial charge is 0.410 e. The summed E-state index contributed by atoms with van der Waals surface area (Å²) in [6.07, 6.45) is 3.09. The van der Waals surface area contributed by atoms with Crippen LogP contribution in [0.25, 0.3) is 0 Å². The van der Waals surface area contributed by atoms with Gasteiger partial charge >= 0.3 is 6.09 Å². The summed E-state index contributed by atoms with van der Waals surface area (Å²) < 4.78 is 7.44. The highest BCUT2D eigenvalue weighted by atomic mass is 32.1. The second kappa shape index (κ2) is 10.5. The van der Waals surface area contributed by atoms with Crippen LogP contribution in [0, 0.1) is 25.2 Å². The summed E-state index contributed by atoms with van der Waals surface area (Å²) in [6.45, 7) is 5.50. The van der Waals surface area contributed by atoms with E-state index in [2.05, 4.69) is 16.4 Å². The molecule has 4 rings (SSSR count). The number of nitriles is 1. The van der Waals surface area contributed by atoms with Crippen LogP contribution in [-0.4, -0.2) is 39.6 Å². The number of hydrogen-bond acceptors (Lipinski definition) is 6. The Morgan fingerprint density at radius 2 is 2.06 bits per heavy atom. The minimum absolute atomic E-state index is 0.125. The number of imidazole rings is 1. The van der Waals surface area contributed by atoms with Crippen LogP contribution in [0.5, 0.6) is 0 Å². The number of carbonyl (C=O) groups excluding carboxylic acids is 2. The SMILES string of the molecule is Cc1cn(CCOC(=O)N2CCc3c(sc(NC(=O)CCc4ccccc4)c3C#N)C2)c(C)n1. The lowest BCUT2D eigenvalue weighted by Gasteiger charge is -2.26. The maximum absolute atomic E-state index is 12.6. The molecule has 3 aromatic rings. The van der Waals surface area contributed by atoms with Gasteiger partial charge in [-0.2, -0.15) is 5.26 Å². The first-order valence-corrected chi connectivity index (χ1v) is 12.1. The molecule has 0 atom stereocenters. The van der Waals surface area contributed by atoms with Gasteiger partial charge in [0.2, 0.25) is 5.91 Å². The van der Waals surface area contributed by atoms with E-state index >= 15 is 0 Å². The molecule has 2 aromatic heterocycles. The number of hydrogen-bond donors (Lipinski definition) is 1. The van der Waals surface area contributed by atoms with Crippen molar-refractivity contribution in [1.29, 1.82) is 5.26 Å². The van der Waals surface area contributed by atoms with Crippen LogP contribution in [0.2, 0.25) is 0 Å². The van der Waals surface area contributed by atoms with Crippen LogP contribution in [-0.2, 0) is 35.5 Å². The first-order chi connectivity index (χ1) is 16.4. The largest absolute Gasteiger partial charge is 0.448 e. The average molecular weight is 478 g/mol. The lowest BCUT2D eigenvalue weighted by molar-refractivity contribution is -0.116. The van der Waals surface area contributed by atoms with Crippen LogP contribution in [0.3, 0.4) is 0 Å². The third-order valence-electron chi connectivity index (χ3n) is 5.82. The van der Waals surface area contributed by atoms with Gasteiger partial charge in [0.05, 0.1) is 24.3 Å². The van der Waals surface area contributed by atoms with Crippen molar-refractivity contribution in [1.82, 2.24) is 14.5 Å². The van der Waals surface area contributed by atoms with Gasteiger partial charge in [-0.3, -0.25) is 4.79 Å². The van der Waals surface area contributed by atoms with Crippen molar-refractivity contribution in [3.8, 4) is 6.07 Å². The molecule has 34 heavy (non-hydrogen) atoms. The molecular formula is C25H27N5O3S. The fraction of sp³-hybridized carbons (Fsp3) is 0.360. The molecule has 0 aliphatic carbocycles. The van der Waals surface area contributed by atoms with Gasteiger partial charge in [-0.15, -0.1) is 11.3 Å². The molecule has 0 bridgehead atoms. The summed E-state index contributed by atoms with van der Waals surface area (Å²) in [5.74, 6) is 0.761. The molecule has 0 radical (unpaired) electrons. The molecular weight excluding hydrogens is 450 g/mol. The minimum Gasteiger partial charge on any atom is -0.448 e. The molecule has 0 spiro atoms. The maximum atomic E-state index is 12.6. The number of ether oxygens (including phenoxy) is 1. The molecule has 1 aromatic carbocycles. The standard InChI is InChI=1S/C25H27N5O3S/c1-17-15-29(18(2)27-17)12-13-33-25(32)30-11-10-20-21(14-26)24(34-22(20)16-30)28-23(31)9-8-19-6-4-3-5-7-19/h3-7,15H,8-13,16H2,1-2H3,(H,28,31). The third-order valence-corrected chi connectivity index (χ3v) is 6.95. The number of nitrogens with zero attached hydrogens (tertiary/aromatic N) is 4. The molecule has 0 saturated heterocycles. The van der Waals surface area contributed by atoms with Gasteiger partial charge in [0.1, 0.15) is 23.5 Å². The second-order valence-electron chi connectivity index (χ2n) is 8.26. The van der Waals surface area contributed by atoms with E-state index in [1.54, 1.807) is 4.90 Å². The quantitative estimate of drug-likeness (QED) is 0.550. The molecule has 1 N–H and O–H groups in total. The molecule has 0 saturated carbocycles. The van der Waals surface area contributed by atoms with E-state index in [9.17, 15) is 14.9 Å². The molecule has 2 amide bonds. The van der Waals surface area contributed by atoms with Gasteiger partial charge in [-0.25, -0.2) is 9.78 Å². The Morgan fingerprint density at radius 1 is 1.26 bits per heavy atom. The number of aryl methyl sites for hydroxylation is 3. The maximum Gasteiger partial charge on any atom is 0.410 e. The number of anilines is 1. The number of benzene rings is 1. The van der Waals surface area contributed by atoms with Gasteiger partial charge in [-0.05, 0) is 37.8 Å². The highest BCUT2D eigenvalue weighted by molar-refractivity contribution is 7.16.